The number of anilines is 2. The van der Waals surface area contributed by atoms with Crippen LogP contribution < -0.4 is 19.7 Å². The summed E-state index contributed by atoms with van der Waals surface area (Å²) in [6, 6.07) is 1.73. The van der Waals surface area contributed by atoms with Crippen molar-refractivity contribution >= 4 is 46.6 Å². The number of fused-ring (bicyclic) bond motifs is 1. The average molecular weight is 751 g/mol. The molecular weight excluding hydrogens is 697 g/mol. The quantitative estimate of drug-likeness (QED) is 0.109. The Bertz CT molecular complexity index is 1710. The molecule has 0 amide bonds. The van der Waals surface area contributed by atoms with E-state index in [0.29, 0.717) is 46.2 Å². The molecule has 1 aromatic carbocycles. The fourth-order valence-electron chi connectivity index (χ4n) is 8.15. The third kappa shape index (κ3) is 8.28. The van der Waals surface area contributed by atoms with E-state index in [1.807, 2.05) is 12.3 Å². The number of rotatable bonds is 15. The van der Waals surface area contributed by atoms with E-state index in [4.69, 9.17) is 52.1 Å². The summed E-state index contributed by atoms with van der Waals surface area (Å²) in [6.45, 7) is 11.6. The van der Waals surface area contributed by atoms with Crippen LogP contribution in [-0.4, -0.2) is 80.6 Å². The number of methoxy groups -OCH3 is 2. The third-order valence-corrected chi connectivity index (χ3v) is 11.8. The summed E-state index contributed by atoms with van der Waals surface area (Å²) in [7, 11) is 3.20. The smallest absolute Gasteiger partial charge is 0.224 e. The Morgan fingerprint density at radius 2 is 1.85 bits per heavy atom. The van der Waals surface area contributed by atoms with E-state index < -0.39 is 0 Å². The lowest BCUT2D eigenvalue weighted by Crippen LogP contribution is -2.32. The second-order valence-electron chi connectivity index (χ2n) is 14.6. The molecule has 5 aliphatic rings. The molecule has 2 aromatic rings. The van der Waals surface area contributed by atoms with E-state index >= 15 is 0 Å². The van der Waals surface area contributed by atoms with Crippen LogP contribution in [0.25, 0.3) is 11.6 Å². The molecule has 2 aliphatic carbocycles. The first kappa shape index (κ1) is 37.1. The molecule has 3 aliphatic heterocycles. The van der Waals surface area contributed by atoms with Crippen LogP contribution in [0.5, 0.6) is 11.5 Å². The second kappa shape index (κ2) is 16.8. The first-order chi connectivity index (χ1) is 25.4. The van der Waals surface area contributed by atoms with Gasteiger partial charge in [-0.25, -0.2) is 4.98 Å². The molecular formula is C41H53Cl2N5O4. The van der Waals surface area contributed by atoms with Gasteiger partial charge in [0.05, 0.1) is 37.0 Å². The largest absolute Gasteiger partial charge is 0.495 e. The summed E-state index contributed by atoms with van der Waals surface area (Å²) in [5, 5.41) is 4.42. The summed E-state index contributed by atoms with van der Waals surface area (Å²) >= 11 is 14.1. The van der Waals surface area contributed by atoms with Gasteiger partial charge in [0.25, 0.3) is 0 Å². The molecule has 11 heteroatoms. The minimum absolute atomic E-state index is 0.0838. The van der Waals surface area contributed by atoms with Crippen LogP contribution in [0.4, 0.5) is 11.8 Å². The lowest BCUT2D eigenvalue weighted by atomic mass is 9.94. The molecule has 3 unspecified atom stereocenters. The van der Waals surface area contributed by atoms with Crippen molar-refractivity contribution in [1.82, 2.24) is 14.9 Å². The van der Waals surface area contributed by atoms with E-state index in [1.54, 1.807) is 20.3 Å². The van der Waals surface area contributed by atoms with Crippen molar-refractivity contribution < 1.29 is 18.9 Å². The van der Waals surface area contributed by atoms with E-state index in [0.717, 1.165) is 85.9 Å². The summed E-state index contributed by atoms with van der Waals surface area (Å²) in [6.07, 6.45) is 18.7. The normalized spacial score (nSPS) is 24.2. The fraction of sp³-hybridized carbons (Fsp3) is 0.561. The molecule has 7 rings (SSSR count). The lowest BCUT2D eigenvalue weighted by molar-refractivity contribution is 0.0657. The Hall–Kier alpha value is -3.24. The minimum Gasteiger partial charge on any atom is -0.495 e. The number of epoxide rings is 1. The van der Waals surface area contributed by atoms with Gasteiger partial charge < -0.3 is 34.1 Å². The summed E-state index contributed by atoms with van der Waals surface area (Å²) in [5.74, 6) is 4.47. The number of hydrogen-bond donors (Lipinski definition) is 1. The van der Waals surface area contributed by atoms with E-state index in [9.17, 15) is 0 Å². The zero-order valence-electron chi connectivity index (χ0n) is 30.9. The van der Waals surface area contributed by atoms with Crippen molar-refractivity contribution in [2.24, 2.45) is 5.92 Å². The zero-order valence-corrected chi connectivity index (χ0v) is 32.5. The Morgan fingerprint density at radius 1 is 1.04 bits per heavy atom. The number of ether oxygens (including phenoxy) is 4. The van der Waals surface area contributed by atoms with Gasteiger partial charge in [0.2, 0.25) is 5.95 Å². The van der Waals surface area contributed by atoms with Crippen LogP contribution in [-0.2, 0) is 9.47 Å². The lowest BCUT2D eigenvalue weighted by Gasteiger charge is -2.34. The summed E-state index contributed by atoms with van der Waals surface area (Å²) in [5.41, 5.74) is 6.23. The number of aromatic nitrogens is 2. The number of halogens is 2. The van der Waals surface area contributed by atoms with Crippen molar-refractivity contribution in [2.75, 3.05) is 63.8 Å². The maximum Gasteiger partial charge on any atom is 0.224 e. The highest BCUT2D eigenvalue weighted by Gasteiger charge is 2.38. The van der Waals surface area contributed by atoms with Crippen molar-refractivity contribution in [3.8, 4) is 11.5 Å². The van der Waals surface area contributed by atoms with Crippen molar-refractivity contribution in [1.29, 1.82) is 0 Å². The maximum absolute atomic E-state index is 7.04. The standard InChI is InChI=1S/C41H53Cl2N5O4/c1-5-9-26-10-7-17-47(19-15-26)18-8-16-44-41-45-25-29-23-31(35-36(42)33(49-3)24-34(50-4)37(35)43)38(27-11-12-27)48(40(29)46-41)20-21-51-30-14-13-28(22-30)39-32(6-2)52-39/h6,23-26,30,32H,2,5,7-22H2,1,3-4H3,(H,44,45,46)/b39-28+. The van der Waals surface area contributed by atoms with Gasteiger partial charge in [-0.1, -0.05) is 49.5 Å². The molecule has 0 bridgehead atoms. The Labute approximate surface area is 319 Å². The predicted octanol–water partition coefficient (Wildman–Crippen LogP) is 9.32. The zero-order chi connectivity index (χ0) is 36.2. The highest BCUT2D eigenvalue weighted by molar-refractivity contribution is 6.40. The third-order valence-electron chi connectivity index (χ3n) is 11.1. The molecule has 3 atom stereocenters. The monoisotopic (exact) mass is 749 g/mol. The van der Waals surface area contributed by atoms with Crippen molar-refractivity contribution in [3.63, 3.8) is 0 Å². The van der Waals surface area contributed by atoms with E-state index in [1.165, 1.54) is 56.3 Å². The van der Waals surface area contributed by atoms with Gasteiger partial charge in [0.1, 0.15) is 23.1 Å². The van der Waals surface area contributed by atoms with E-state index in [-0.39, 0.29) is 12.2 Å². The predicted molar refractivity (Wildman–Crippen MR) is 211 cm³/mol. The molecule has 4 heterocycles. The average Bonchev–Trinajstić information content (AvgIpc) is 4.09. The molecule has 0 spiro atoms. The molecule has 4 fully saturated rings. The molecule has 2 saturated carbocycles. The van der Waals surface area contributed by atoms with Crippen LogP contribution in [0.1, 0.15) is 88.7 Å². The summed E-state index contributed by atoms with van der Waals surface area (Å²) < 4.78 is 23.6. The number of nitrogens with zero attached hydrogens (tertiary/aromatic N) is 4. The van der Waals surface area contributed by atoms with Gasteiger partial charge in [-0.3, -0.25) is 0 Å². The van der Waals surface area contributed by atoms with Crippen LogP contribution in [0, 0.1) is 5.92 Å². The fourth-order valence-corrected chi connectivity index (χ4v) is 8.86. The number of benzene rings is 1. The van der Waals surface area contributed by atoms with Crippen molar-refractivity contribution in [3.05, 3.63) is 68.7 Å². The first-order valence-electron chi connectivity index (χ1n) is 19.2. The number of nitrogens with one attached hydrogen (secondary N) is 1. The van der Waals surface area contributed by atoms with Gasteiger partial charge >= 0.3 is 0 Å². The van der Waals surface area contributed by atoms with Crippen LogP contribution in [0.2, 0.25) is 10.0 Å². The highest BCUT2D eigenvalue weighted by Crippen LogP contribution is 2.52. The summed E-state index contributed by atoms with van der Waals surface area (Å²) in [4.78, 5) is 14.8. The topological polar surface area (TPSA) is 84.5 Å². The molecule has 9 nitrogen and oxygen atoms in total. The van der Waals surface area contributed by atoms with Gasteiger partial charge in [-0.2, -0.15) is 4.98 Å². The van der Waals surface area contributed by atoms with Crippen LogP contribution in [0.3, 0.4) is 0 Å². The maximum atomic E-state index is 7.04. The number of allylic oxidation sites excluding steroid dienone is 2. The van der Waals surface area contributed by atoms with Crippen molar-refractivity contribution in [2.45, 2.75) is 89.8 Å². The Kier molecular flexibility index (Phi) is 12.0. The molecule has 1 N–H and O–H groups in total. The Balaban J connectivity index is 1.12. The molecule has 0 radical (unpaired) electrons. The minimum atomic E-state index is 0.0838. The second-order valence-corrected chi connectivity index (χ2v) is 15.4. The molecule has 1 aromatic heterocycles. The molecule has 280 valence electrons. The van der Waals surface area contributed by atoms with Gasteiger partial charge in [-0.05, 0) is 107 Å². The SMILES string of the molecule is C=CC1O/C1=C1\CCC(OCCN2C(=C3CC3)C(c3c(Cl)c(OC)cc(OC)c3Cl)=Cc3cnc(NCCCN4CCCC(CCC)CC4)nc32)C1. The van der Waals surface area contributed by atoms with E-state index in [2.05, 4.69) is 34.7 Å². The number of hydrogen-bond acceptors (Lipinski definition) is 9. The van der Waals surface area contributed by atoms with Crippen LogP contribution >= 0.6 is 23.2 Å². The van der Waals surface area contributed by atoms with Gasteiger partial charge in [0, 0.05) is 47.7 Å². The Morgan fingerprint density at radius 3 is 2.56 bits per heavy atom. The number of likely N-dealkylation sites (tertiary alicyclic amines) is 1. The van der Waals surface area contributed by atoms with Gasteiger partial charge in [0.15, 0.2) is 6.10 Å². The first-order valence-corrected chi connectivity index (χ1v) is 20.0. The van der Waals surface area contributed by atoms with Crippen LogP contribution in [0.15, 0.2) is 47.5 Å². The highest BCUT2D eigenvalue weighted by atomic mass is 35.5. The molecule has 2 saturated heterocycles. The molecule has 52 heavy (non-hydrogen) atoms. The van der Waals surface area contributed by atoms with Gasteiger partial charge in [-0.15, -0.1) is 0 Å².